The SMILES string of the molecule is Cc1ccsc1CNC(C)C1CC2CCC1C2. The van der Waals surface area contributed by atoms with Crippen molar-refractivity contribution in [2.24, 2.45) is 17.8 Å². The topological polar surface area (TPSA) is 12.0 Å². The molecule has 1 aromatic rings. The molecule has 2 aliphatic rings. The van der Waals surface area contributed by atoms with Crippen molar-refractivity contribution in [2.45, 2.75) is 52.1 Å². The highest BCUT2D eigenvalue weighted by Gasteiger charge is 2.41. The van der Waals surface area contributed by atoms with Crippen LogP contribution in [0, 0.1) is 24.7 Å². The third-order valence-electron chi connectivity index (χ3n) is 4.99. The molecule has 1 nitrogen and oxygen atoms in total. The van der Waals surface area contributed by atoms with Crippen molar-refractivity contribution in [1.29, 1.82) is 0 Å². The number of nitrogens with one attached hydrogen (secondary N) is 1. The van der Waals surface area contributed by atoms with Crippen LogP contribution in [-0.4, -0.2) is 6.04 Å². The first-order valence-corrected chi connectivity index (χ1v) is 7.88. The third kappa shape index (κ3) is 2.30. The van der Waals surface area contributed by atoms with E-state index in [0.29, 0.717) is 6.04 Å². The van der Waals surface area contributed by atoms with Crippen LogP contribution in [0.3, 0.4) is 0 Å². The second-order valence-corrected chi connectivity index (χ2v) is 7.04. The van der Waals surface area contributed by atoms with Crippen molar-refractivity contribution in [1.82, 2.24) is 5.32 Å². The van der Waals surface area contributed by atoms with Crippen molar-refractivity contribution in [3.8, 4) is 0 Å². The highest BCUT2D eigenvalue weighted by molar-refractivity contribution is 7.10. The summed E-state index contributed by atoms with van der Waals surface area (Å²) in [6.07, 6.45) is 6.02. The standard InChI is InChI=1S/C15H23NS/c1-10-5-6-17-15(10)9-16-11(2)14-8-12-3-4-13(14)7-12/h5-6,11-14,16H,3-4,7-9H2,1-2H3. The van der Waals surface area contributed by atoms with Gasteiger partial charge in [0.15, 0.2) is 0 Å². The molecule has 1 aromatic heterocycles. The molecule has 2 heteroatoms. The van der Waals surface area contributed by atoms with E-state index in [-0.39, 0.29) is 0 Å². The first-order valence-electron chi connectivity index (χ1n) is 7.00. The van der Waals surface area contributed by atoms with Crippen LogP contribution in [-0.2, 0) is 6.54 Å². The van der Waals surface area contributed by atoms with Gasteiger partial charge in [-0.15, -0.1) is 11.3 Å². The first kappa shape index (κ1) is 11.7. The number of hydrogen-bond acceptors (Lipinski definition) is 2. The number of aryl methyl sites for hydroxylation is 1. The molecule has 2 bridgehead atoms. The molecule has 1 heterocycles. The molecule has 0 amide bonds. The number of hydrogen-bond donors (Lipinski definition) is 1. The Morgan fingerprint density at radius 1 is 1.41 bits per heavy atom. The van der Waals surface area contributed by atoms with Gasteiger partial charge in [-0.3, -0.25) is 0 Å². The molecule has 3 rings (SSSR count). The first-order chi connectivity index (χ1) is 8.24. The molecule has 1 N–H and O–H groups in total. The molecule has 2 aliphatic carbocycles. The van der Waals surface area contributed by atoms with Crippen LogP contribution in [0.1, 0.15) is 43.0 Å². The highest BCUT2D eigenvalue weighted by Crippen LogP contribution is 2.49. The van der Waals surface area contributed by atoms with Crippen molar-refractivity contribution in [2.75, 3.05) is 0 Å². The normalized spacial score (nSPS) is 33.2. The predicted octanol–water partition coefficient (Wildman–Crippen LogP) is 3.97. The van der Waals surface area contributed by atoms with Crippen LogP contribution in [0.2, 0.25) is 0 Å². The average Bonchev–Trinajstić information content (AvgIpc) is 3.01. The van der Waals surface area contributed by atoms with E-state index in [0.717, 1.165) is 24.3 Å². The van der Waals surface area contributed by atoms with Gasteiger partial charge < -0.3 is 5.32 Å². The summed E-state index contributed by atoms with van der Waals surface area (Å²) in [6, 6.07) is 2.93. The van der Waals surface area contributed by atoms with Gasteiger partial charge >= 0.3 is 0 Å². The van der Waals surface area contributed by atoms with Gasteiger partial charge in [-0.25, -0.2) is 0 Å². The molecule has 0 spiro atoms. The molecule has 0 aromatic carbocycles. The maximum absolute atomic E-state index is 3.76. The Balaban J connectivity index is 1.54. The third-order valence-corrected chi connectivity index (χ3v) is 6.01. The summed E-state index contributed by atoms with van der Waals surface area (Å²) >= 11 is 1.89. The van der Waals surface area contributed by atoms with Crippen LogP contribution in [0.4, 0.5) is 0 Å². The molecular weight excluding hydrogens is 226 g/mol. The molecule has 2 saturated carbocycles. The van der Waals surface area contributed by atoms with Gasteiger partial charge in [0.25, 0.3) is 0 Å². The lowest BCUT2D eigenvalue weighted by atomic mass is 9.84. The molecule has 94 valence electrons. The summed E-state index contributed by atoms with van der Waals surface area (Å²) in [6.45, 7) is 5.68. The number of fused-ring (bicyclic) bond motifs is 2. The van der Waals surface area contributed by atoms with Gasteiger partial charge in [0.05, 0.1) is 0 Å². The van der Waals surface area contributed by atoms with Gasteiger partial charge in [-0.05, 0) is 67.9 Å². The van der Waals surface area contributed by atoms with Crippen molar-refractivity contribution in [3.05, 3.63) is 21.9 Å². The Kier molecular flexibility index (Phi) is 3.27. The lowest BCUT2D eigenvalue weighted by Crippen LogP contribution is -2.35. The van der Waals surface area contributed by atoms with E-state index in [1.54, 1.807) is 0 Å². The smallest absolute Gasteiger partial charge is 0.0304 e. The highest BCUT2D eigenvalue weighted by atomic mass is 32.1. The minimum Gasteiger partial charge on any atom is -0.309 e. The summed E-state index contributed by atoms with van der Waals surface area (Å²) in [5.41, 5.74) is 1.45. The van der Waals surface area contributed by atoms with E-state index in [2.05, 4.69) is 30.6 Å². The Labute approximate surface area is 109 Å². The molecule has 0 radical (unpaired) electrons. The summed E-state index contributed by atoms with van der Waals surface area (Å²) < 4.78 is 0. The fourth-order valence-electron chi connectivity index (χ4n) is 3.90. The molecule has 4 atom stereocenters. The van der Waals surface area contributed by atoms with E-state index in [9.17, 15) is 0 Å². The van der Waals surface area contributed by atoms with Crippen molar-refractivity contribution in [3.63, 3.8) is 0 Å². The van der Waals surface area contributed by atoms with Crippen LogP contribution in [0.15, 0.2) is 11.4 Å². The lowest BCUT2D eigenvalue weighted by molar-refractivity contribution is 0.260. The minimum atomic E-state index is 0.701. The van der Waals surface area contributed by atoms with Gasteiger partial charge in [-0.1, -0.05) is 6.42 Å². The van der Waals surface area contributed by atoms with Crippen LogP contribution >= 0.6 is 11.3 Å². The van der Waals surface area contributed by atoms with Gasteiger partial charge in [0.1, 0.15) is 0 Å². The second-order valence-electron chi connectivity index (χ2n) is 6.04. The summed E-state index contributed by atoms with van der Waals surface area (Å²) in [7, 11) is 0. The minimum absolute atomic E-state index is 0.701. The van der Waals surface area contributed by atoms with Crippen LogP contribution in [0.25, 0.3) is 0 Å². The van der Waals surface area contributed by atoms with E-state index >= 15 is 0 Å². The maximum atomic E-state index is 3.76. The quantitative estimate of drug-likeness (QED) is 0.851. The molecule has 0 saturated heterocycles. The van der Waals surface area contributed by atoms with E-state index in [1.165, 1.54) is 36.1 Å². The average molecular weight is 249 g/mol. The Morgan fingerprint density at radius 3 is 2.88 bits per heavy atom. The molecule has 0 aliphatic heterocycles. The van der Waals surface area contributed by atoms with E-state index in [1.807, 2.05) is 11.3 Å². The predicted molar refractivity (Wildman–Crippen MR) is 74.3 cm³/mol. The Bertz CT molecular complexity index is 384. The maximum Gasteiger partial charge on any atom is 0.0304 e. The van der Waals surface area contributed by atoms with Crippen LogP contribution < -0.4 is 5.32 Å². The van der Waals surface area contributed by atoms with Crippen molar-refractivity contribution >= 4 is 11.3 Å². The van der Waals surface area contributed by atoms with Crippen LogP contribution in [0.5, 0.6) is 0 Å². The van der Waals surface area contributed by atoms with Crippen molar-refractivity contribution < 1.29 is 0 Å². The molecule has 2 fully saturated rings. The lowest BCUT2D eigenvalue weighted by Gasteiger charge is -2.28. The fraction of sp³-hybridized carbons (Fsp3) is 0.733. The van der Waals surface area contributed by atoms with E-state index < -0.39 is 0 Å². The van der Waals surface area contributed by atoms with Gasteiger partial charge in [0.2, 0.25) is 0 Å². The molecule has 17 heavy (non-hydrogen) atoms. The zero-order chi connectivity index (χ0) is 11.8. The molecular formula is C15H23NS. The summed E-state index contributed by atoms with van der Waals surface area (Å²) in [5, 5.41) is 5.97. The monoisotopic (exact) mass is 249 g/mol. The zero-order valence-corrected chi connectivity index (χ0v) is 11.7. The molecule has 4 unspecified atom stereocenters. The summed E-state index contributed by atoms with van der Waals surface area (Å²) in [4.78, 5) is 1.51. The van der Waals surface area contributed by atoms with E-state index in [4.69, 9.17) is 0 Å². The fourth-order valence-corrected chi connectivity index (χ4v) is 4.75. The number of rotatable bonds is 4. The van der Waals surface area contributed by atoms with Gasteiger partial charge in [0, 0.05) is 17.5 Å². The number of thiophene rings is 1. The second kappa shape index (κ2) is 4.74. The Hall–Kier alpha value is -0.340. The Morgan fingerprint density at radius 2 is 2.29 bits per heavy atom. The van der Waals surface area contributed by atoms with Gasteiger partial charge in [-0.2, -0.15) is 0 Å². The zero-order valence-electron chi connectivity index (χ0n) is 10.9. The summed E-state index contributed by atoms with van der Waals surface area (Å²) in [5.74, 6) is 3.05. The largest absolute Gasteiger partial charge is 0.309 e.